The third kappa shape index (κ3) is 2.88. The lowest BCUT2D eigenvalue weighted by atomic mass is 10.3. The molecule has 0 aliphatic rings. The smallest absolute Gasteiger partial charge is 0.185 e. The molecule has 5 nitrogen and oxygen atoms in total. The molecule has 0 aliphatic heterocycles. The molecule has 2 aromatic rings. The van der Waals surface area contributed by atoms with Crippen LogP contribution in [0.3, 0.4) is 0 Å². The van der Waals surface area contributed by atoms with Crippen LogP contribution in [0.25, 0.3) is 11.1 Å². The van der Waals surface area contributed by atoms with Crippen LogP contribution in [0.2, 0.25) is 0 Å². The monoisotopic (exact) mass is 223 g/mol. The van der Waals surface area contributed by atoms with Gasteiger partial charge in [0.05, 0.1) is 12.3 Å². The molecule has 0 amide bonds. The maximum atomic E-state index is 10.4. The number of carbonyl (C=O) groups excluding carboxylic acids is 1. The molecular weight excluding hydrogens is 210 g/mol. The number of ether oxygens (including phenoxy) is 1. The minimum Gasteiger partial charge on any atom is -0.452 e. The van der Waals surface area contributed by atoms with Crippen LogP contribution in [0.15, 0.2) is 22.6 Å². The van der Waals surface area contributed by atoms with Crippen LogP contribution in [-0.4, -0.2) is 30.6 Å². The maximum Gasteiger partial charge on any atom is 0.185 e. The van der Waals surface area contributed by atoms with Crippen molar-refractivity contribution in [2.45, 2.75) is 6.61 Å². The lowest BCUT2D eigenvalue weighted by molar-refractivity contribution is 0.110. The standard InChI is InChI=1S/C9H7NO3.C2H6O/c11-4-6-1-2-9-8(10-6)3-7(5-12)13-9;1-3-2/h1-3,5,11H,4H2;1-2H3. The first-order valence-corrected chi connectivity index (χ1v) is 4.60. The fourth-order valence-corrected chi connectivity index (χ4v) is 1.13. The van der Waals surface area contributed by atoms with Gasteiger partial charge in [0.15, 0.2) is 17.6 Å². The summed E-state index contributed by atoms with van der Waals surface area (Å²) in [5, 5.41) is 8.80. The molecule has 0 aromatic carbocycles. The quantitative estimate of drug-likeness (QED) is 0.779. The number of pyridine rings is 1. The van der Waals surface area contributed by atoms with Gasteiger partial charge in [-0.05, 0) is 12.1 Å². The van der Waals surface area contributed by atoms with E-state index in [0.29, 0.717) is 23.1 Å². The van der Waals surface area contributed by atoms with E-state index in [2.05, 4.69) is 9.72 Å². The van der Waals surface area contributed by atoms with Crippen molar-refractivity contribution < 1.29 is 19.1 Å². The Labute approximate surface area is 92.7 Å². The van der Waals surface area contributed by atoms with E-state index in [4.69, 9.17) is 9.52 Å². The van der Waals surface area contributed by atoms with Gasteiger partial charge in [0.2, 0.25) is 0 Å². The van der Waals surface area contributed by atoms with E-state index in [-0.39, 0.29) is 12.4 Å². The molecule has 0 saturated carbocycles. The van der Waals surface area contributed by atoms with E-state index < -0.39 is 0 Å². The van der Waals surface area contributed by atoms with Crippen LogP contribution in [0.1, 0.15) is 16.2 Å². The highest BCUT2D eigenvalue weighted by molar-refractivity contribution is 5.82. The second-order valence-corrected chi connectivity index (χ2v) is 3.02. The largest absolute Gasteiger partial charge is 0.452 e. The molecule has 0 saturated heterocycles. The van der Waals surface area contributed by atoms with Gasteiger partial charge in [-0.3, -0.25) is 4.79 Å². The van der Waals surface area contributed by atoms with Crippen molar-refractivity contribution >= 4 is 17.4 Å². The average molecular weight is 223 g/mol. The normalized spacial score (nSPS) is 9.69. The summed E-state index contributed by atoms with van der Waals surface area (Å²) in [5.41, 5.74) is 1.71. The predicted molar refractivity (Wildman–Crippen MR) is 58.3 cm³/mol. The lowest BCUT2D eigenvalue weighted by Crippen LogP contribution is -1.86. The van der Waals surface area contributed by atoms with Gasteiger partial charge < -0.3 is 14.3 Å². The number of hydrogen-bond acceptors (Lipinski definition) is 5. The van der Waals surface area contributed by atoms with Gasteiger partial charge in [-0.25, -0.2) is 4.98 Å². The Morgan fingerprint density at radius 3 is 2.75 bits per heavy atom. The summed E-state index contributed by atoms with van der Waals surface area (Å²) in [6.45, 7) is -0.114. The van der Waals surface area contributed by atoms with E-state index in [1.807, 2.05) is 0 Å². The third-order valence-electron chi connectivity index (χ3n) is 1.73. The molecule has 0 fully saturated rings. The number of carbonyl (C=O) groups is 1. The number of methoxy groups -OCH3 is 1. The minimum absolute atomic E-state index is 0.114. The first kappa shape index (κ1) is 12.4. The van der Waals surface area contributed by atoms with E-state index in [1.165, 1.54) is 0 Å². The van der Waals surface area contributed by atoms with Gasteiger partial charge >= 0.3 is 0 Å². The Morgan fingerprint density at radius 1 is 1.50 bits per heavy atom. The van der Waals surface area contributed by atoms with E-state index >= 15 is 0 Å². The SMILES string of the molecule is COC.O=Cc1cc2nc(CO)ccc2o1. The molecule has 0 aliphatic carbocycles. The topological polar surface area (TPSA) is 72.6 Å². The fourth-order valence-electron chi connectivity index (χ4n) is 1.13. The number of rotatable bonds is 2. The van der Waals surface area contributed by atoms with Crippen LogP contribution in [0.4, 0.5) is 0 Å². The molecule has 0 spiro atoms. The van der Waals surface area contributed by atoms with Gasteiger partial charge in [-0.2, -0.15) is 0 Å². The molecule has 16 heavy (non-hydrogen) atoms. The Hall–Kier alpha value is -1.72. The summed E-state index contributed by atoms with van der Waals surface area (Å²) < 4.78 is 9.35. The highest BCUT2D eigenvalue weighted by atomic mass is 16.4. The van der Waals surface area contributed by atoms with E-state index in [0.717, 1.165) is 0 Å². The Kier molecular flexibility index (Phi) is 4.63. The van der Waals surface area contributed by atoms with E-state index in [1.54, 1.807) is 32.4 Å². The first-order chi connectivity index (χ1) is 7.74. The molecule has 0 bridgehead atoms. The predicted octanol–water partition coefficient (Wildman–Crippen LogP) is 1.40. The molecule has 0 radical (unpaired) electrons. The van der Waals surface area contributed by atoms with Crippen molar-refractivity contribution in [2.75, 3.05) is 14.2 Å². The number of aldehydes is 1. The van der Waals surface area contributed by atoms with Crippen LogP contribution in [0.5, 0.6) is 0 Å². The van der Waals surface area contributed by atoms with Crippen molar-refractivity contribution in [3.8, 4) is 0 Å². The van der Waals surface area contributed by atoms with Crippen LogP contribution >= 0.6 is 0 Å². The maximum absolute atomic E-state index is 10.4. The van der Waals surface area contributed by atoms with Gasteiger partial charge in [0.1, 0.15) is 5.52 Å². The summed E-state index contributed by atoms with van der Waals surface area (Å²) in [6.07, 6.45) is 0.625. The van der Waals surface area contributed by atoms with Crippen molar-refractivity contribution in [3.63, 3.8) is 0 Å². The molecule has 2 heterocycles. The van der Waals surface area contributed by atoms with Crippen molar-refractivity contribution in [2.24, 2.45) is 0 Å². The minimum atomic E-state index is -0.114. The second-order valence-electron chi connectivity index (χ2n) is 3.02. The van der Waals surface area contributed by atoms with Crippen LogP contribution in [0, 0.1) is 0 Å². The van der Waals surface area contributed by atoms with E-state index in [9.17, 15) is 4.79 Å². The zero-order valence-corrected chi connectivity index (χ0v) is 9.14. The highest BCUT2D eigenvalue weighted by Crippen LogP contribution is 2.16. The van der Waals surface area contributed by atoms with Gasteiger partial charge in [-0.1, -0.05) is 0 Å². The number of aliphatic hydroxyl groups excluding tert-OH is 1. The summed E-state index contributed by atoms with van der Waals surface area (Å²) in [5.74, 6) is 0.248. The first-order valence-electron chi connectivity index (χ1n) is 4.60. The molecule has 0 atom stereocenters. The molecule has 2 rings (SSSR count). The van der Waals surface area contributed by atoms with Crippen molar-refractivity contribution in [1.29, 1.82) is 0 Å². The number of hydrogen-bond donors (Lipinski definition) is 1. The lowest BCUT2D eigenvalue weighted by Gasteiger charge is -1.92. The Balaban J connectivity index is 0.000000386. The molecule has 1 N–H and O–H groups in total. The highest BCUT2D eigenvalue weighted by Gasteiger charge is 2.04. The number of fused-ring (bicyclic) bond motifs is 1. The number of nitrogens with zero attached hydrogens (tertiary/aromatic N) is 1. The van der Waals surface area contributed by atoms with Crippen LogP contribution < -0.4 is 0 Å². The fraction of sp³-hybridized carbons (Fsp3) is 0.273. The Morgan fingerprint density at radius 2 is 2.19 bits per heavy atom. The second kappa shape index (κ2) is 5.99. The summed E-state index contributed by atoms with van der Waals surface area (Å²) in [6, 6.07) is 4.88. The molecule has 5 heteroatoms. The number of aliphatic hydroxyl groups is 1. The summed E-state index contributed by atoms with van der Waals surface area (Å²) in [7, 11) is 3.25. The number of furan rings is 1. The summed E-state index contributed by atoms with van der Waals surface area (Å²) in [4.78, 5) is 14.4. The van der Waals surface area contributed by atoms with Crippen molar-refractivity contribution in [3.05, 3.63) is 29.7 Å². The third-order valence-corrected chi connectivity index (χ3v) is 1.73. The zero-order valence-electron chi connectivity index (χ0n) is 9.14. The zero-order chi connectivity index (χ0) is 12.0. The van der Waals surface area contributed by atoms with Crippen molar-refractivity contribution in [1.82, 2.24) is 4.98 Å². The van der Waals surface area contributed by atoms with Gasteiger partial charge in [0.25, 0.3) is 0 Å². The summed E-state index contributed by atoms with van der Waals surface area (Å²) >= 11 is 0. The van der Waals surface area contributed by atoms with Crippen LogP contribution in [-0.2, 0) is 11.3 Å². The molecular formula is C11H13NO4. The van der Waals surface area contributed by atoms with Gasteiger partial charge in [-0.15, -0.1) is 0 Å². The number of aromatic nitrogens is 1. The molecule has 2 aromatic heterocycles. The van der Waals surface area contributed by atoms with Gasteiger partial charge in [0, 0.05) is 20.3 Å². The average Bonchev–Trinajstić information content (AvgIpc) is 2.71. The molecule has 0 unspecified atom stereocenters. The molecule has 86 valence electrons. The Bertz CT molecular complexity index is 464.